The van der Waals surface area contributed by atoms with E-state index in [9.17, 15) is 19.2 Å². The topological polar surface area (TPSA) is 111 Å². The molecule has 1 spiro atoms. The van der Waals surface area contributed by atoms with E-state index >= 15 is 0 Å². The number of ketones is 1. The number of urea groups is 1. The molecule has 3 amide bonds. The molecule has 1 N–H and O–H groups in total. The van der Waals surface area contributed by atoms with Gasteiger partial charge in [-0.2, -0.15) is 0 Å². The summed E-state index contributed by atoms with van der Waals surface area (Å²) in [6.45, 7) is 5.08. The van der Waals surface area contributed by atoms with Gasteiger partial charge in [0.1, 0.15) is 23.6 Å². The van der Waals surface area contributed by atoms with Crippen LogP contribution in [0.3, 0.4) is 0 Å². The van der Waals surface area contributed by atoms with Gasteiger partial charge in [-0.3, -0.25) is 19.3 Å². The number of hydrogen-bond acceptors (Lipinski definition) is 7. The number of methoxy groups -OCH3 is 2. The van der Waals surface area contributed by atoms with Gasteiger partial charge >= 0.3 is 12.0 Å². The number of carbonyl (C=O) groups is 4. The first kappa shape index (κ1) is 23.6. The van der Waals surface area contributed by atoms with Crippen LogP contribution in [0, 0.1) is 11.3 Å². The smallest absolute Gasteiger partial charge is 0.326 e. The lowest BCUT2D eigenvalue weighted by Crippen LogP contribution is -2.54. The molecule has 1 saturated carbocycles. The number of amides is 3. The maximum atomic E-state index is 13.1. The Morgan fingerprint density at radius 2 is 1.88 bits per heavy atom. The molecule has 32 heavy (non-hydrogen) atoms. The van der Waals surface area contributed by atoms with Crippen LogP contribution in [0.25, 0.3) is 0 Å². The first-order valence-corrected chi connectivity index (χ1v) is 10.6. The number of nitrogens with one attached hydrogen (secondary N) is 1. The molecule has 0 radical (unpaired) electrons. The van der Waals surface area contributed by atoms with Crippen molar-refractivity contribution in [1.29, 1.82) is 0 Å². The van der Waals surface area contributed by atoms with Gasteiger partial charge in [-0.05, 0) is 48.8 Å². The Kier molecular flexibility index (Phi) is 6.48. The summed E-state index contributed by atoms with van der Waals surface area (Å²) >= 11 is 0. The summed E-state index contributed by atoms with van der Waals surface area (Å²) in [7, 11) is 2.89. The normalized spacial score (nSPS) is 24.3. The van der Waals surface area contributed by atoms with Crippen LogP contribution in [-0.2, 0) is 14.3 Å². The van der Waals surface area contributed by atoms with Gasteiger partial charge in [0.25, 0.3) is 5.91 Å². The highest BCUT2D eigenvalue weighted by Gasteiger charge is 2.56. The van der Waals surface area contributed by atoms with E-state index in [0.29, 0.717) is 24.3 Å². The predicted molar refractivity (Wildman–Crippen MR) is 115 cm³/mol. The van der Waals surface area contributed by atoms with Crippen LogP contribution < -0.4 is 14.8 Å². The zero-order chi connectivity index (χ0) is 23.7. The van der Waals surface area contributed by atoms with Crippen molar-refractivity contribution in [2.75, 3.05) is 27.4 Å². The second-order valence-electron chi connectivity index (χ2n) is 9.41. The minimum absolute atomic E-state index is 0.112. The molecule has 3 rings (SSSR count). The molecule has 2 atom stereocenters. The van der Waals surface area contributed by atoms with Gasteiger partial charge in [0.05, 0.1) is 19.8 Å². The summed E-state index contributed by atoms with van der Waals surface area (Å²) in [4.78, 5) is 51.4. The fraction of sp³-hybridized carbons (Fsp3) is 0.565. The van der Waals surface area contributed by atoms with Gasteiger partial charge in [0.15, 0.2) is 6.61 Å². The molecule has 1 heterocycles. The fourth-order valence-corrected chi connectivity index (χ4v) is 5.08. The van der Waals surface area contributed by atoms with Crippen LogP contribution in [-0.4, -0.2) is 61.5 Å². The number of benzene rings is 1. The lowest BCUT2D eigenvalue weighted by atomic mass is 9.64. The molecule has 1 aromatic carbocycles. The largest absolute Gasteiger partial charge is 0.497 e. The van der Waals surface area contributed by atoms with Gasteiger partial charge in [-0.1, -0.05) is 20.8 Å². The van der Waals surface area contributed by atoms with Crippen molar-refractivity contribution >= 4 is 23.7 Å². The average Bonchev–Trinajstić information content (AvgIpc) is 2.93. The average molecular weight is 447 g/mol. The SMILES string of the molecule is COc1ccc(OC)c(C(=O)COC(=O)CN2C(=O)N[C@]3(C[C@@H](C)CC(C)(C)C3)C2=O)c1. The highest BCUT2D eigenvalue weighted by atomic mass is 16.5. The zero-order valence-corrected chi connectivity index (χ0v) is 19.1. The van der Waals surface area contributed by atoms with Crippen LogP contribution in [0.15, 0.2) is 18.2 Å². The molecule has 1 aromatic rings. The van der Waals surface area contributed by atoms with E-state index in [2.05, 4.69) is 26.1 Å². The monoisotopic (exact) mass is 446 g/mol. The van der Waals surface area contributed by atoms with Crippen molar-refractivity contribution in [3.63, 3.8) is 0 Å². The van der Waals surface area contributed by atoms with Gasteiger partial charge in [-0.25, -0.2) is 4.79 Å². The third-order valence-corrected chi connectivity index (χ3v) is 5.98. The molecule has 2 fully saturated rings. The van der Waals surface area contributed by atoms with Crippen LogP contribution in [0.5, 0.6) is 11.5 Å². The van der Waals surface area contributed by atoms with E-state index in [4.69, 9.17) is 14.2 Å². The second kappa shape index (κ2) is 8.80. The minimum Gasteiger partial charge on any atom is -0.497 e. The molecule has 2 aliphatic rings. The number of rotatable bonds is 7. The van der Waals surface area contributed by atoms with Crippen LogP contribution in [0.4, 0.5) is 4.79 Å². The number of ether oxygens (including phenoxy) is 3. The number of imide groups is 1. The Balaban J connectivity index is 1.64. The standard InChI is InChI=1S/C23H30N2O7/c1-14-9-22(2,3)13-23(10-14)20(28)25(21(29)24-23)11-19(27)32-12-17(26)16-8-15(30-4)6-7-18(16)31-5/h6-8,14H,9-13H2,1-5H3,(H,24,29)/t14-,23-/m0/s1. The number of esters is 1. The highest BCUT2D eigenvalue weighted by molar-refractivity contribution is 6.09. The first-order valence-electron chi connectivity index (χ1n) is 10.6. The highest BCUT2D eigenvalue weighted by Crippen LogP contribution is 2.46. The van der Waals surface area contributed by atoms with Crippen LogP contribution in [0.2, 0.25) is 0 Å². The van der Waals surface area contributed by atoms with Crippen molar-refractivity contribution in [3.05, 3.63) is 23.8 Å². The van der Waals surface area contributed by atoms with E-state index in [1.165, 1.54) is 20.3 Å². The van der Waals surface area contributed by atoms with E-state index in [0.717, 1.165) is 11.3 Å². The molecular formula is C23H30N2O7. The summed E-state index contributed by atoms with van der Waals surface area (Å²) in [5.74, 6) is -0.730. The summed E-state index contributed by atoms with van der Waals surface area (Å²) < 4.78 is 15.4. The molecule has 9 heteroatoms. The maximum absolute atomic E-state index is 13.1. The lowest BCUT2D eigenvalue weighted by molar-refractivity contribution is -0.147. The molecule has 0 bridgehead atoms. The number of carbonyl (C=O) groups excluding carboxylic acids is 4. The number of hydrogen-bond donors (Lipinski definition) is 1. The van der Waals surface area contributed by atoms with E-state index in [-0.39, 0.29) is 16.9 Å². The van der Waals surface area contributed by atoms with Crippen molar-refractivity contribution in [2.24, 2.45) is 11.3 Å². The molecular weight excluding hydrogens is 416 g/mol. The van der Waals surface area contributed by atoms with Crippen LogP contribution >= 0.6 is 0 Å². The number of nitrogens with zero attached hydrogens (tertiary/aromatic N) is 1. The van der Waals surface area contributed by atoms with Crippen molar-refractivity contribution in [2.45, 2.75) is 45.6 Å². The summed E-state index contributed by atoms with van der Waals surface area (Å²) in [6, 6.07) is 4.09. The quantitative estimate of drug-likeness (QED) is 0.389. The van der Waals surface area contributed by atoms with Gasteiger partial charge in [0, 0.05) is 0 Å². The van der Waals surface area contributed by atoms with Gasteiger partial charge < -0.3 is 19.5 Å². The molecule has 174 valence electrons. The van der Waals surface area contributed by atoms with E-state index in [1.54, 1.807) is 12.1 Å². The predicted octanol–water partition coefficient (Wildman–Crippen LogP) is 2.57. The number of Topliss-reactive ketones (excluding diaryl/α,β-unsaturated/α-hetero) is 1. The molecule has 0 aromatic heterocycles. The van der Waals surface area contributed by atoms with E-state index < -0.39 is 42.4 Å². The Morgan fingerprint density at radius 3 is 2.50 bits per heavy atom. The zero-order valence-electron chi connectivity index (χ0n) is 19.1. The molecule has 1 aliphatic heterocycles. The first-order chi connectivity index (χ1) is 15.0. The summed E-state index contributed by atoms with van der Waals surface area (Å²) in [5.41, 5.74) is -0.909. The molecule has 1 saturated heterocycles. The molecule has 1 aliphatic carbocycles. The Bertz CT molecular complexity index is 942. The molecule has 9 nitrogen and oxygen atoms in total. The van der Waals surface area contributed by atoms with Crippen LogP contribution in [0.1, 0.15) is 50.4 Å². The fourth-order valence-electron chi connectivity index (χ4n) is 5.08. The van der Waals surface area contributed by atoms with Crippen molar-refractivity contribution in [1.82, 2.24) is 10.2 Å². The van der Waals surface area contributed by atoms with Crippen molar-refractivity contribution < 1.29 is 33.4 Å². The summed E-state index contributed by atoms with van der Waals surface area (Å²) in [6.07, 6.45) is 1.99. The Morgan fingerprint density at radius 1 is 1.16 bits per heavy atom. The minimum atomic E-state index is -0.998. The van der Waals surface area contributed by atoms with Gasteiger partial charge in [-0.15, -0.1) is 0 Å². The van der Waals surface area contributed by atoms with Crippen molar-refractivity contribution in [3.8, 4) is 11.5 Å². The Labute approximate surface area is 187 Å². The van der Waals surface area contributed by atoms with Gasteiger partial charge in [0.2, 0.25) is 5.78 Å². The maximum Gasteiger partial charge on any atom is 0.326 e. The lowest BCUT2D eigenvalue weighted by Gasteiger charge is -2.43. The summed E-state index contributed by atoms with van der Waals surface area (Å²) in [5, 5.41) is 2.81. The molecule has 0 unspecified atom stereocenters. The third-order valence-electron chi connectivity index (χ3n) is 5.98. The third kappa shape index (κ3) is 4.71. The second-order valence-corrected chi connectivity index (χ2v) is 9.41. The Hall–Kier alpha value is -3.10. The van der Waals surface area contributed by atoms with E-state index in [1.807, 2.05) is 0 Å².